The number of ether oxygens (including phenoxy) is 4. The second-order valence-electron chi connectivity index (χ2n) is 29.6. The SMILES string of the molecule is CCCCCCCCCCCCCCCC(=O)OC[C@H](COP(=O)(O)OC[C@@H](O)COP(=O)(O)OC[C@@H](COC(=O)CCCCCCCCCCC(C)CC)OC(=O)CCCCCCCCCCCC(C)C)OC(=O)CCCCCCCCCCCCCCCCCCCCC(C)C. The summed E-state index contributed by atoms with van der Waals surface area (Å²) in [6.45, 7) is 11.9. The van der Waals surface area contributed by atoms with Gasteiger partial charge in [-0.3, -0.25) is 37.3 Å². The average molecular weight is 1440 g/mol. The van der Waals surface area contributed by atoms with Crippen molar-refractivity contribution in [3.8, 4) is 0 Å². The lowest BCUT2D eigenvalue weighted by Crippen LogP contribution is -2.30. The molecule has 3 unspecified atom stereocenters. The lowest BCUT2D eigenvalue weighted by atomic mass is 9.99. The average Bonchev–Trinajstić information content (AvgIpc) is 1.01. The summed E-state index contributed by atoms with van der Waals surface area (Å²) in [5.74, 6) is 0.220. The number of rotatable bonds is 77. The third-order valence-corrected chi connectivity index (χ3v) is 20.6. The fourth-order valence-electron chi connectivity index (χ4n) is 12.1. The van der Waals surface area contributed by atoms with Crippen LogP contribution >= 0.6 is 15.6 Å². The Labute approximate surface area is 600 Å². The van der Waals surface area contributed by atoms with Crippen LogP contribution in [0, 0.1) is 17.8 Å². The van der Waals surface area contributed by atoms with Crippen LogP contribution in [0.2, 0.25) is 0 Å². The van der Waals surface area contributed by atoms with Gasteiger partial charge in [-0.2, -0.15) is 0 Å². The monoisotopic (exact) mass is 1440 g/mol. The molecule has 0 spiro atoms. The van der Waals surface area contributed by atoms with E-state index in [0.29, 0.717) is 25.7 Å². The van der Waals surface area contributed by atoms with Crippen molar-refractivity contribution in [1.82, 2.24) is 0 Å². The number of phosphoric ester groups is 2. The maximum atomic E-state index is 13.1. The molecule has 0 radical (unpaired) electrons. The summed E-state index contributed by atoms with van der Waals surface area (Å²) in [6.07, 6.45) is 56.9. The first kappa shape index (κ1) is 96.1. The molecule has 0 bridgehead atoms. The van der Waals surface area contributed by atoms with Crippen LogP contribution in [0.5, 0.6) is 0 Å². The highest BCUT2D eigenvalue weighted by molar-refractivity contribution is 7.47. The minimum atomic E-state index is -4.96. The molecule has 0 aromatic carbocycles. The zero-order valence-electron chi connectivity index (χ0n) is 64.3. The smallest absolute Gasteiger partial charge is 0.462 e. The van der Waals surface area contributed by atoms with Gasteiger partial charge in [0.2, 0.25) is 0 Å². The van der Waals surface area contributed by atoms with E-state index in [-0.39, 0.29) is 25.7 Å². The molecule has 6 atom stereocenters. The summed E-state index contributed by atoms with van der Waals surface area (Å²) in [6, 6.07) is 0. The quantitative estimate of drug-likeness (QED) is 0.0222. The molecule has 0 rings (SSSR count). The van der Waals surface area contributed by atoms with E-state index >= 15 is 0 Å². The van der Waals surface area contributed by atoms with Crippen LogP contribution < -0.4 is 0 Å². The second-order valence-corrected chi connectivity index (χ2v) is 32.6. The van der Waals surface area contributed by atoms with Crippen molar-refractivity contribution in [2.75, 3.05) is 39.6 Å². The van der Waals surface area contributed by atoms with E-state index in [9.17, 15) is 43.2 Å². The fourth-order valence-corrected chi connectivity index (χ4v) is 13.7. The van der Waals surface area contributed by atoms with Crippen LogP contribution in [0.1, 0.15) is 408 Å². The Kier molecular flexibility index (Phi) is 68.1. The number of carbonyl (C=O) groups is 4. The first-order chi connectivity index (χ1) is 47.3. The van der Waals surface area contributed by atoms with Crippen LogP contribution in [0.3, 0.4) is 0 Å². The van der Waals surface area contributed by atoms with E-state index < -0.39 is 97.5 Å². The molecule has 17 nitrogen and oxygen atoms in total. The Hall–Kier alpha value is -1.94. The van der Waals surface area contributed by atoms with Crippen molar-refractivity contribution in [2.24, 2.45) is 17.8 Å². The van der Waals surface area contributed by atoms with E-state index in [1.807, 2.05) is 0 Å². The number of aliphatic hydroxyl groups excluding tert-OH is 1. The Morgan fingerprint density at radius 3 is 0.776 bits per heavy atom. The third-order valence-electron chi connectivity index (χ3n) is 18.7. The van der Waals surface area contributed by atoms with Crippen molar-refractivity contribution < 1.29 is 80.2 Å². The number of unbranched alkanes of at least 4 members (excludes halogenated alkanes) is 44. The maximum Gasteiger partial charge on any atom is 0.472 e. The van der Waals surface area contributed by atoms with Gasteiger partial charge in [-0.05, 0) is 43.4 Å². The molecule has 0 aliphatic rings. The Bertz CT molecular complexity index is 1910. The zero-order valence-corrected chi connectivity index (χ0v) is 66.0. The number of aliphatic hydroxyl groups is 1. The Morgan fingerprint density at radius 1 is 0.296 bits per heavy atom. The van der Waals surface area contributed by atoms with Crippen molar-refractivity contribution in [3.63, 3.8) is 0 Å². The Balaban J connectivity index is 5.22. The highest BCUT2D eigenvalue weighted by Gasteiger charge is 2.30. The lowest BCUT2D eigenvalue weighted by molar-refractivity contribution is -0.161. The number of phosphoric acid groups is 2. The topological polar surface area (TPSA) is 237 Å². The third kappa shape index (κ3) is 71.1. The van der Waals surface area contributed by atoms with Gasteiger partial charge in [0.1, 0.15) is 19.3 Å². The number of hydrogen-bond acceptors (Lipinski definition) is 15. The molecule has 0 amide bonds. The molecule has 0 saturated heterocycles. The summed E-state index contributed by atoms with van der Waals surface area (Å²) >= 11 is 0. The summed E-state index contributed by atoms with van der Waals surface area (Å²) in [5, 5.41) is 10.6. The van der Waals surface area contributed by atoms with Gasteiger partial charge < -0.3 is 33.8 Å². The van der Waals surface area contributed by atoms with E-state index in [2.05, 4.69) is 48.5 Å². The zero-order chi connectivity index (χ0) is 72.3. The highest BCUT2D eigenvalue weighted by Crippen LogP contribution is 2.45. The lowest BCUT2D eigenvalue weighted by Gasteiger charge is -2.21. The minimum Gasteiger partial charge on any atom is -0.462 e. The van der Waals surface area contributed by atoms with Crippen LogP contribution in [0.15, 0.2) is 0 Å². The predicted molar refractivity (Wildman–Crippen MR) is 400 cm³/mol. The van der Waals surface area contributed by atoms with Gasteiger partial charge in [0.05, 0.1) is 26.4 Å². The molecule has 3 N–H and O–H groups in total. The fraction of sp³-hybridized carbons (Fsp3) is 0.949. The number of esters is 4. The molecular weight excluding hydrogens is 1280 g/mol. The molecule has 0 aliphatic heterocycles. The highest BCUT2D eigenvalue weighted by atomic mass is 31.2. The molecule has 0 aliphatic carbocycles. The number of hydrogen-bond donors (Lipinski definition) is 3. The first-order valence-electron chi connectivity index (χ1n) is 40.9. The van der Waals surface area contributed by atoms with Crippen LogP contribution in [-0.4, -0.2) is 96.7 Å². The summed E-state index contributed by atoms with van der Waals surface area (Å²) < 4.78 is 68.6. The normalized spacial score (nSPS) is 14.3. The molecule has 0 fully saturated rings. The van der Waals surface area contributed by atoms with Gasteiger partial charge in [-0.25, -0.2) is 9.13 Å². The number of carbonyl (C=O) groups excluding carboxylic acids is 4. The van der Waals surface area contributed by atoms with Crippen LogP contribution in [0.25, 0.3) is 0 Å². The maximum absolute atomic E-state index is 13.1. The summed E-state index contributed by atoms with van der Waals surface area (Å²) in [5.41, 5.74) is 0. The predicted octanol–water partition coefficient (Wildman–Crippen LogP) is 23.4. The standard InChI is InChI=1S/C79H154O17P2/c1-8-10-11-12-13-14-15-22-26-31-39-46-53-60-76(81)89-66-74(95-78(83)62-55-48-41-32-27-24-21-19-17-16-18-20-23-25-29-36-43-50-57-70(3)4)68-93-97(85,86)91-64-73(80)65-92-98(87,88)94-69-75(96-79(84)63-56-49-42-33-28-30-37-44-51-58-71(5)6)67-90-77(82)61-54-47-40-35-34-38-45-52-59-72(7)9-2/h70-75,80H,8-69H2,1-7H3,(H,85,86)(H,87,88)/t72?,73-,74-,75-/m1/s1. The Morgan fingerprint density at radius 2 is 0.520 bits per heavy atom. The molecule has 0 aromatic heterocycles. The summed E-state index contributed by atoms with van der Waals surface area (Å²) in [7, 11) is -9.92. The van der Waals surface area contributed by atoms with Gasteiger partial charge in [0.25, 0.3) is 0 Å². The molecule has 0 saturated carbocycles. The van der Waals surface area contributed by atoms with Crippen molar-refractivity contribution in [3.05, 3.63) is 0 Å². The van der Waals surface area contributed by atoms with E-state index in [0.717, 1.165) is 108 Å². The van der Waals surface area contributed by atoms with Crippen molar-refractivity contribution in [1.29, 1.82) is 0 Å². The minimum absolute atomic E-state index is 0.105. The molecule has 98 heavy (non-hydrogen) atoms. The van der Waals surface area contributed by atoms with Crippen molar-refractivity contribution in [2.45, 2.75) is 426 Å². The van der Waals surface area contributed by atoms with E-state index in [1.165, 1.54) is 218 Å². The largest absolute Gasteiger partial charge is 0.472 e. The van der Waals surface area contributed by atoms with E-state index in [1.54, 1.807) is 0 Å². The van der Waals surface area contributed by atoms with Gasteiger partial charge in [0, 0.05) is 25.7 Å². The van der Waals surface area contributed by atoms with Crippen LogP contribution in [-0.2, 0) is 65.4 Å². The van der Waals surface area contributed by atoms with Gasteiger partial charge in [-0.15, -0.1) is 0 Å². The second kappa shape index (κ2) is 69.4. The molecular formula is C79H154O17P2. The summed E-state index contributed by atoms with van der Waals surface area (Å²) in [4.78, 5) is 72.9. The molecule has 19 heteroatoms. The van der Waals surface area contributed by atoms with Crippen LogP contribution in [0.4, 0.5) is 0 Å². The van der Waals surface area contributed by atoms with Crippen molar-refractivity contribution >= 4 is 39.5 Å². The molecule has 0 aromatic rings. The van der Waals surface area contributed by atoms with Gasteiger partial charge >= 0.3 is 39.5 Å². The molecule has 582 valence electrons. The van der Waals surface area contributed by atoms with E-state index in [4.69, 9.17) is 37.0 Å². The van der Waals surface area contributed by atoms with Gasteiger partial charge in [0.15, 0.2) is 12.2 Å². The molecule has 0 heterocycles. The van der Waals surface area contributed by atoms with Gasteiger partial charge in [-0.1, -0.05) is 357 Å². The first-order valence-corrected chi connectivity index (χ1v) is 43.9.